The van der Waals surface area contributed by atoms with Gasteiger partial charge in [-0.1, -0.05) is 18.2 Å². The maximum Gasteiger partial charge on any atom is 0.341 e. The van der Waals surface area contributed by atoms with Gasteiger partial charge in [-0.25, -0.2) is 14.8 Å². The molecule has 1 aliphatic rings. The molecule has 1 aromatic carbocycles. The Labute approximate surface area is 175 Å². The van der Waals surface area contributed by atoms with Gasteiger partial charge in [0.15, 0.2) is 12.4 Å². The summed E-state index contributed by atoms with van der Waals surface area (Å²) in [7, 11) is 0. The SMILES string of the molecule is O=C(O)COc1ccccc1CN1CCC[C@H](Cc2cncc(-c3ncc[nH]3)n2)C1. The number of carboxylic acid groups (broad SMARTS) is 1. The lowest BCUT2D eigenvalue weighted by atomic mass is 9.93. The first-order valence-corrected chi connectivity index (χ1v) is 10.1. The van der Waals surface area contributed by atoms with E-state index in [0.29, 0.717) is 11.7 Å². The van der Waals surface area contributed by atoms with Crippen LogP contribution in [0.4, 0.5) is 0 Å². The Morgan fingerprint density at radius 1 is 1.30 bits per heavy atom. The number of nitrogens with one attached hydrogen (secondary N) is 1. The van der Waals surface area contributed by atoms with E-state index in [2.05, 4.69) is 19.9 Å². The van der Waals surface area contributed by atoms with Crippen LogP contribution in [0.1, 0.15) is 24.1 Å². The Bertz CT molecular complexity index is 976. The number of ether oxygens (including phenoxy) is 1. The number of hydrogen-bond acceptors (Lipinski definition) is 6. The van der Waals surface area contributed by atoms with Crippen molar-refractivity contribution in [1.29, 1.82) is 0 Å². The van der Waals surface area contributed by atoms with E-state index in [9.17, 15) is 4.79 Å². The van der Waals surface area contributed by atoms with Gasteiger partial charge >= 0.3 is 5.97 Å². The number of para-hydroxylation sites is 1. The minimum absolute atomic E-state index is 0.329. The predicted molar refractivity (Wildman–Crippen MR) is 111 cm³/mol. The van der Waals surface area contributed by atoms with Gasteiger partial charge in [0, 0.05) is 37.2 Å². The summed E-state index contributed by atoms with van der Waals surface area (Å²) in [6, 6.07) is 7.65. The number of imidazole rings is 1. The van der Waals surface area contributed by atoms with E-state index in [-0.39, 0.29) is 6.61 Å². The molecule has 0 saturated carbocycles. The number of aromatic nitrogens is 4. The summed E-state index contributed by atoms with van der Waals surface area (Å²) in [5.41, 5.74) is 2.75. The van der Waals surface area contributed by atoms with Crippen LogP contribution in [0.25, 0.3) is 11.5 Å². The van der Waals surface area contributed by atoms with E-state index < -0.39 is 5.97 Å². The molecule has 4 rings (SSSR count). The Morgan fingerprint density at radius 3 is 3.03 bits per heavy atom. The molecule has 0 amide bonds. The number of carbonyl (C=O) groups is 1. The van der Waals surface area contributed by atoms with Crippen LogP contribution in [0.15, 0.2) is 49.1 Å². The first kappa shape index (κ1) is 20.0. The highest BCUT2D eigenvalue weighted by Crippen LogP contribution is 2.25. The summed E-state index contributed by atoms with van der Waals surface area (Å²) in [5, 5.41) is 8.89. The van der Waals surface area contributed by atoms with Crippen molar-refractivity contribution in [3.05, 3.63) is 60.3 Å². The number of piperidine rings is 1. The molecule has 1 fully saturated rings. The number of carboxylic acids is 1. The van der Waals surface area contributed by atoms with Crippen LogP contribution in [0.3, 0.4) is 0 Å². The fourth-order valence-electron chi connectivity index (χ4n) is 3.94. The molecule has 0 radical (unpaired) electrons. The molecule has 2 N–H and O–H groups in total. The van der Waals surface area contributed by atoms with Crippen LogP contribution in [-0.2, 0) is 17.8 Å². The van der Waals surface area contributed by atoms with Gasteiger partial charge in [0.1, 0.15) is 11.4 Å². The second-order valence-corrected chi connectivity index (χ2v) is 7.57. The van der Waals surface area contributed by atoms with Crippen LogP contribution in [0.2, 0.25) is 0 Å². The number of benzene rings is 1. The van der Waals surface area contributed by atoms with Crippen LogP contribution in [0.5, 0.6) is 5.75 Å². The lowest BCUT2D eigenvalue weighted by Gasteiger charge is -2.33. The Balaban J connectivity index is 1.39. The minimum atomic E-state index is -0.972. The standard InChI is InChI=1S/C22H25N5O3/c28-21(29)15-30-20-6-2-1-5-17(20)14-27-9-3-4-16(13-27)10-18-11-23-12-19(26-18)22-24-7-8-25-22/h1-2,5-8,11-12,16H,3-4,9-10,13-15H2,(H,24,25)(H,28,29)/t16-/m1/s1. The zero-order chi connectivity index (χ0) is 20.8. The van der Waals surface area contributed by atoms with E-state index in [1.807, 2.05) is 30.5 Å². The predicted octanol–water partition coefficient (Wildman–Crippen LogP) is 2.78. The van der Waals surface area contributed by atoms with E-state index >= 15 is 0 Å². The first-order chi connectivity index (χ1) is 14.7. The van der Waals surface area contributed by atoms with Gasteiger partial charge in [-0.3, -0.25) is 9.88 Å². The maximum atomic E-state index is 10.8. The second-order valence-electron chi connectivity index (χ2n) is 7.57. The number of likely N-dealkylation sites (tertiary alicyclic amines) is 1. The van der Waals surface area contributed by atoms with Gasteiger partial charge in [-0.15, -0.1) is 0 Å². The van der Waals surface area contributed by atoms with Crippen LogP contribution in [0, 0.1) is 5.92 Å². The number of aromatic amines is 1. The van der Waals surface area contributed by atoms with Crippen molar-refractivity contribution >= 4 is 5.97 Å². The molecule has 0 bridgehead atoms. The van der Waals surface area contributed by atoms with Crippen molar-refractivity contribution in [1.82, 2.24) is 24.8 Å². The van der Waals surface area contributed by atoms with Crippen molar-refractivity contribution in [2.75, 3.05) is 19.7 Å². The minimum Gasteiger partial charge on any atom is -0.482 e. The molecule has 3 aromatic rings. The second kappa shape index (κ2) is 9.49. The zero-order valence-electron chi connectivity index (χ0n) is 16.7. The summed E-state index contributed by atoms with van der Waals surface area (Å²) in [4.78, 5) is 29.6. The van der Waals surface area contributed by atoms with Crippen molar-refractivity contribution in [2.45, 2.75) is 25.8 Å². The Hall–Kier alpha value is -3.26. The third-order valence-electron chi connectivity index (χ3n) is 5.24. The highest BCUT2D eigenvalue weighted by atomic mass is 16.5. The van der Waals surface area contributed by atoms with Crippen molar-refractivity contribution in [3.8, 4) is 17.3 Å². The molecule has 30 heavy (non-hydrogen) atoms. The van der Waals surface area contributed by atoms with Crippen molar-refractivity contribution < 1.29 is 14.6 Å². The zero-order valence-corrected chi connectivity index (χ0v) is 16.7. The number of H-pyrrole nitrogens is 1. The molecule has 0 unspecified atom stereocenters. The summed E-state index contributed by atoms with van der Waals surface area (Å²) >= 11 is 0. The smallest absolute Gasteiger partial charge is 0.341 e. The van der Waals surface area contributed by atoms with Gasteiger partial charge in [0.05, 0.1) is 11.9 Å². The molecule has 8 nitrogen and oxygen atoms in total. The van der Waals surface area contributed by atoms with Gasteiger partial charge in [0.2, 0.25) is 0 Å². The quantitative estimate of drug-likeness (QED) is 0.592. The van der Waals surface area contributed by atoms with Gasteiger partial charge < -0.3 is 14.8 Å². The van der Waals surface area contributed by atoms with Crippen LogP contribution < -0.4 is 4.74 Å². The summed E-state index contributed by atoms with van der Waals surface area (Å²) in [6.45, 7) is 2.39. The first-order valence-electron chi connectivity index (χ1n) is 10.1. The third kappa shape index (κ3) is 5.21. The number of aliphatic carboxylic acids is 1. The lowest BCUT2D eigenvalue weighted by Crippen LogP contribution is -2.36. The van der Waals surface area contributed by atoms with Crippen molar-refractivity contribution in [2.24, 2.45) is 5.92 Å². The Morgan fingerprint density at radius 2 is 2.20 bits per heavy atom. The molecule has 156 valence electrons. The highest BCUT2D eigenvalue weighted by Gasteiger charge is 2.22. The van der Waals surface area contributed by atoms with E-state index in [1.54, 1.807) is 18.6 Å². The number of nitrogens with zero attached hydrogens (tertiary/aromatic N) is 4. The molecule has 8 heteroatoms. The largest absolute Gasteiger partial charge is 0.482 e. The maximum absolute atomic E-state index is 10.8. The van der Waals surface area contributed by atoms with Gasteiger partial charge in [-0.05, 0) is 37.8 Å². The fourth-order valence-corrected chi connectivity index (χ4v) is 3.94. The normalized spacial score (nSPS) is 17.0. The molecular formula is C22H25N5O3. The molecule has 0 spiro atoms. The highest BCUT2D eigenvalue weighted by molar-refractivity contribution is 5.68. The number of rotatable bonds is 8. The lowest BCUT2D eigenvalue weighted by molar-refractivity contribution is -0.139. The average Bonchev–Trinajstić information content (AvgIpc) is 3.29. The molecule has 1 saturated heterocycles. The molecule has 2 aromatic heterocycles. The Kier molecular flexibility index (Phi) is 6.34. The van der Waals surface area contributed by atoms with E-state index in [0.717, 1.165) is 61.7 Å². The van der Waals surface area contributed by atoms with Crippen molar-refractivity contribution in [3.63, 3.8) is 0 Å². The molecule has 0 aliphatic carbocycles. The monoisotopic (exact) mass is 407 g/mol. The molecule has 1 atom stereocenters. The topological polar surface area (TPSA) is 104 Å². The van der Waals surface area contributed by atoms with Gasteiger partial charge in [-0.2, -0.15) is 0 Å². The van der Waals surface area contributed by atoms with Crippen LogP contribution in [-0.4, -0.2) is 55.6 Å². The average molecular weight is 407 g/mol. The molecular weight excluding hydrogens is 382 g/mol. The fraction of sp³-hybridized carbons (Fsp3) is 0.364. The molecule has 1 aliphatic heterocycles. The summed E-state index contributed by atoms with van der Waals surface area (Å²) < 4.78 is 5.46. The summed E-state index contributed by atoms with van der Waals surface area (Å²) in [5.74, 6) is 0.888. The van der Waals surface area contributed by atoms with Crippen LogP contribution >= 0.6 is 0 Å². The van der Waals surface area contributed by atoms with E-state index in [1.165, 1.54) is 0 Å². The summed E-state index contributed by atoms with van der Waals surface area (Å²) in [6.07, 6.45) is 10.2. The molecule has 3 heterocycles. The number of hydrogen-bond donors (Lipinski definition) is 2. The van der Waals surface area contributed by atoms with Gasteiger partial charge in [0.25, 0.3) is 0 Å². The third-order valence-corrected chi connectivity index (χ3v) is 5.24. The van der Waals surface area contributed by atoms with E-state index in [4.69, 9.17) is 14.8 Å².